The summed E-state index contributed by atoms with van der Waals surface area (Å²) in [6, 6.07) is 15.1. The van der Waals surface area contributed by atoms with Crippen LogP contribution in [0, 0.1) is 11.3 Å². The minimum Gasteiger partial charge on any atom is -0.462 e. The van der Waals surface area contributed by atoms with Crippen LogP contribution in [0.5, 0.6) is 6.01 Å². The molecule has 0 spiro atoms. The molecular formula is C36H45ClN8O2. The smallest absolute Gasteiger partial charge is 0.318 e. The Bertz CT molecular complexity index is 1650. The molecule has 4 heterocycles. The number of benzene rings is 2. The van der Waals surface area contributed by atoms with Gasteiger partial charge < -0.3 is 29.2 Å². The third kappa shape index (κ3) is 7.33. The lowest BCUT2D eigenvalue weighted by atomic mass is 10.0. The molecule has 0 saturated carbocycles. The number of halogens is 1. The third-order valence-electron chi connectivity index (χ3n) is 9.88. The van der Waals surface area contributed by atoms with E-state index in [1.807, 2.05) is 30.2 Å². The van der Waals surface area contributed by atoms with E-state index >= 15 is 0 Å². The zero-order chi connectivity index (χ0) is 32.9. The molecule has 248 valence electrons. The fourth-order valence-corrected chi connectivity index (χ4v) is 7.28. The van der Waals surface area contributed by atoms with Gasteiger partial charge >= 0.3 is 6.01 Å². The number of likely N-dealkylation sites (tertiary alicyclic amines) is 1. The van der Waals surface area contributed by atoms with E-state index in [2.05, 4.69) is 63.9 Å². The number of piperazine rings is 1. The zero-order valence-electron chi connectivity index (χ0n) is 27.7. The van der Waals surface area contributed by atoms with E-state index in [1.165, 1.54) is 0 Å². The van der Waals surface area contributed by atoms with E-state index in [1.54, 1.807) is 6.08 Å². The first-order valence-electron chi connectivity index (χ1n) is 16.8. The van der Waals surface area contributed by atoms with E-state index in [9.17, 15) is 10.1 Å². The molecule has 1 amide bonds. The molecule has 10 nitrogen and oxygen atoms in total. The minimum atomic E-state index is -0.241. The highest BCUT2D eigenvalue weighted by molar-refractivity contribution is 6.36. The number of carbonyl (C=O) groups excluding carboxylic acids is 1. The van der Waals surface area contributed by atoms with Crippen molar-refractivity contribution in [2.45, 2.75) is 51.2 Å². The standard InChI is InChI=1S/C36H45ClN8O2/c1-4-41(2)18-8-14-33(46)45-22-21-44(23-27(45)15-17-38)35-29-16-20-43(32-13-6-10-26-9-5-12-30(37)34(26)32)24-31(29)39-36(40-35)47-25-28-11-7-19-42(28)3/h5-6,8-10,12-14,27-28H,4,7,11,15-16,18-25H2,1-3H3/b14-8+/t27-,28-/m0/s1. The van der Waals surface area contributed by atoms with Crippen LogP contribution < -0.4 is 14.5 Å². The van der Waals surface area contributed by atoms with Crippen LogP contribution in [-0.2, 0) is 17.8 Å². The Balaban J connectivity index is 1.28. The second kappa shape index (κ2) is 14.9. The molecule has 0 bridgehead atoms. The molecule has 6 rings (SSSR count). The molecule has 0 radical (unpaired) electrons. The summed E-state index contributed by atoms with van der Waals surface area (Å²) in [7, 11) is 4.16. The lowest BCUT2D eigenvalue weighted by Gasteiger charge is -2.42. The van der Waals surface area contributed by atoms with Crippen LogP contribution >= 0.6 is 11.6 Å². The zero-order valence-corrected chi connectivity index (χ0v) is 28.5. The predicted octanol–water partition coefficient (Wildman–Crippen LogP) is 4.76. The monoisotopic (exact) mass is 656 g/mol. The number of nitrogens with zero attached hydrogens (tertiary/aromatic N) is 8. The average molecular weight is 657 g/mol. The number of aromatic nitrogens is 2. The first kappa shape index (κ1) is 33.0. The minimum absolute atomic E-state index is 0.0479. The van der Waals surface area contributed by atoms with Gasteiger partial charge in [0.2, 0.25) is 5.91 Å². The average Bonchev–Trinajstić information content (AvgIpc) is 3.50. The van der Waals surface area contributed by atoms with Crippen LogP contribution in [-0.4, -0.2) is 109 Å². The molecule has 0 unspecified atom stereocenters. The van der Waals surface area contributed by atoms with Gasteiger partial charge in [-0.3, -0.25) is 4.79 Å². The molecule has 2 fully saturated rings. The van der Waals surface area contributed by atoms with E-state index in [4.69, 9.17) is 26.3 Å². The van der Waals surface area contributed by atoms with Crippen molar-refractivity contribution in [3.8, 4) is 12.1 Å². The third-order valence-corrected chi connectivity index (χ3v) is 10.2. The van der Waals surface area contributed by atoms with Crippen molar-refractivity contribution in [2.24, 2.45) is 0 Å². The van der Waals surface area contributed by atoms with E-state index in [0.717, 1.165) is 77.5 Å². The molecule has 0 N–H and O–H groups in total. The van der Waals surface area contributed by atoms with Gasteiger partial charge in [-0.05, 0) is 64.0 Å². The van der Waals surface area contributed by atoms with Gasteiger partial charge in [0.15, 0.2) is 0 Å². The molecule has 11 heteroatoms. The molecule has 3 aliphatic rings. The summed E-state index contributed by atoms with van der Waals surface area (Å²) in [6.07, 6.45) is 6.83. The quantitative estimate of drug-likeness (QED) is 0.287. The van der Waals surface area contributed by atoms with Crippen molar-refractivity contribution in [1.29, 1.82) is 5.26 Å². The van der Waals surface area contributed by atoms with Crippen LogP contribution in [0.4, 0.5) is 11.5 Å². The normalized spacial score (nSPS) is 20.3. The second-order valence-corrected chi connectivity index (χ2v) is 13.3. The fourth-order valence-electron chi connectivity index (χ4n) is 7.00. The maximum atomic E-state index is 13.2. The largest absolute Gasteiger partial charge is 0.462 e. The SMILES string of the molecule is CCN(C)C/C=C/C(=O)N1CCN(c2nc(OC[C@@H]3CCCN3C)nc3c2CCN(c2cccc4cccc(Cl)c24)C3)C[C@@H]1CC#N. The molecule has 2 aromatic carbocycles. The number of rotatable bonds is 10. The van der Waals surface area contributed by atoms with Crippen LogP contribution in [0.15, 0.2) is 48.6 Å². The van der Waals surface area contributed by atoms with Gasteiger partial charge in [-0.25, -0.2) is 0 Å². The Labute approximate surface area is 283 Å². The number of anilines is 2. The van der Waals surface area contributed by atoms with E-state index in [-0.39, 0.29) is 18.4 Å². The first-order chi connectivity index (χ1) is 22.9. The Hall–Kier alpha value is -3.91. The van der Waals surface area contributed by atoms with Crippen LogP contribution in [0.2, 0.25) is 5.02 Å². The van der Waals surface area contributed by atoms with Crippen molar-refractivity contribution in [3.63, 3.8) is 0 Å². The number of likely N-dealkylation sites (N-methyl/N-ethyl adjacent to an activating group) is 2. The molecule has 1 aromatic heterocycles. The van der Waals surface area contributed by atoms with Gasteiger partial charge in [-0.1, -0.05) is 48.9 Å². The van der Waals surface area contributed by atoms with Gasteiger partial charge in [0.25, 0.3) is 0 Å². The Morgan fingerprint density at radius 2 is 1.96 bits per heavy atom. The second-order valence-electron chi connectivity index (χ2n) is 12.9. The molecule has 2 saturated heterocycles. The van der Waals surface area contributed by atoms with Crippen LogP contribution in [0.25, 0.3) is 10.8 Å². The molecule has 3 aromatic rings. The number of nitriles is 1. The lowest BCUT2D eigenvalue weighted by molar-refractivity contribution is -0.128. The summed E-state index contributed by atoms with van der Waals surface area (Å²) >= 11 is 6.73. The molecule has 3 aliphatic heterocycles. The predicted molar refractivity (Wildman–Crippen MR) is 187 cm³/mol. The van der Waals surface area contributed by atoms with Gasteiger partial charge in [0.05, 0.1) is 35.8 Å². The highest BCUT2D eigenvalue weighted by atomic mass is 35.5. The molecule has 2 atom stereocenters. The number of ether oxygens (including phenoxy) is 1. The number of hydrogen-bond acceptors (Lipinski definition) is 9. The van der Waals surface area contributed by atoms with E-state index in [0.29, 0.717) is 51.4 Å². The summed E-state index contributed by atoms with van der Waals surface area (Å²) < 4.78 is 6.33. The summed E-state index contributed by atoms with van der Waals surface area (Å²) in [5.41, 5.74) is 3.14. The lowest BCUT2D eigenvalue weighted by Crippen LogP contribution is -2.55. The van der Waals surface area contributed by atoms with Crippen molar-refractivity contribution < 1.29 is 9.53 Å². The van der Waals surface area contributed by atoms with Gasteiger partial charge in [0, 0.05) is 61.5 Å². The van der Waals surface area contributed by atoms with Gasteiger partial charge in [-0.15, -0.1) is 0 Å². The number of hydrogen-bond donors (Lipinski definition) is 0. The first-order valence-corrected chi connectivity index (χ1v) is 17.2. The van der Waals surface area contributed by atoms with E-state index < -0.39 is 0 Å². The van der Waals surface area contributed by atoms with Crippen LogP contribution in [0.1, 0.15) is 37.4 Å². The number of fused-ring (bicyclic) bond motifs is 2. The Morgan fingerprint density at radius 1 is 1.13 bits per heavy atom. The van der Waals surface area contributed by atoms with Crippen molar-refractivity contribution in [2.75, 3.05) is 76.3 Å². The number of amides is 1. The molecule has 0 aliphatic carbocycles. The Morgan fingerprint density at radius 3 is 2.72 bits per heavy atom. The van der Waals surface area contributed by atoms with Crippen molar-refractivity contribution >= 4 is 39.8 Å². The highest BCUT2D eigenvalue weighted by Gasteiger charge is 2.34. The van der Waals surface area contributed by atoms with Gasteiger partial charge in [0.1, 0.15) is 12.4 Å². The summed E-state index contributed by atoms with van der Waals surface area (Å²) in [5.74, 6) is 0.809. The molecular weight excluding hydrogens is 612 g/mol. The molecule has 47 heavy (non-hydrogen) atoms. The van der Waals surface area contributed by atoms with Crippen molar-refractivity contribution in [1.82, 2.24) is 24.7 Å². The maximum Gasteiger partial charge on any atom is 0.318 e. The fraction of sp³-hybridized carbons (Fsp3) is 0.500. The number of carbonyl (C=O) groups is 1. The topological polar surface area (TPSA) is 92.1 Å². The summed E-state index contributed by atoms with van der Waals surface area (Å²) in [4.78, 5) is 34.2. The summed E-state index contributed by atoms with van der Waals surface area (Å²) in [5, 5.41) is 12.6. The summed E-state index contributed by atoms with van der Waals surface area (Å²) in [6.45, 7) is 8.37. The van der Waals surface area contributed by atoms with Crippen LogP contribution in [0.3, 0.4) is 0 Å². The Kier molecular flexibility index (Phi) is 10.5. The van der Waals surface area contributed by atoms with Gasteiger partial charge in [-0.2, -0.15) is 15.2 Å². The van der Waals surface area contributed by atoms with Crippen molar-refractivity contribution in [3.05, 3.63) is 64.8 Å². The maximum absolute atomic E-state index is 13.2. The highest BCUT2D eigenvalue weighted by Crippen LogP contribution is 2.37.